The minimum atomic E-state index is 0.763. The molecule has 1 N–H and O–H groups in total. The van der Waals surface area contributed by atoms with Gasteiger partial charge in [-0.1, -0.05) is 0 Å². The maximum absolute atomic E-state index is 3.72. The van der Waals surface area contributed by atoms with Crippen molar-refractivity contribution in [1.29, 1.82) is 0 Å². The van der Waals surface area contributed by atoms with E-state index < -0.39 is 0 Å². The topological polar surface area (TPSA) is 15.3 Å². The van der Waals surface area contributed by atoms with Crippen molar-refractivity contribution in [3.63, 3.8) is 0 Å². The summed E-state index contributed by atoms with van der Waals surface area (Å²) in [4.78, 5) is 2.74. The zero-order valence-corrected chi connectivity index (χ0v) is 11.3. The molecule has 98 valence electrons. The summed E-state index contributed by atoms with van der Waals surface area (Å²) in [7, 11) is 0. The van der Waals surface area contributed by atoms with E-state index in [9.17, 15) is 0 Å². The average Bonchev–Trinajstić information content (AvgIpc) is 3.12. The van der Waals surface area contributed by atoms with Crippen LogP contribution in [-0.4, -0.2) is 37.1 Å². The van der Waals surface area contributed by atoms with Crippen LogP contribution in [0.25, 0.3) is 0 Å². The highest BCUT2D eigenvalue weighted by Crippen LogP contribution is 2.34. The summed E-state index contributed by atoms with van der Waals surface area (Å²) >= 11 is 0. The molecule has 3 saturated carbocycles. The van der Waals surface area contributed by atoms with Crippen molar-refractivity contribution in [3.05, 3.63) is 0 Å². The lowest BCUT2D eigenvalue weighted by Crippen LogP contribution is -2.38. The predicted molar refractivity (Wildman–Crippen MR) is 72.1 cm³/mol. The summed E-state index contributed by atoms with van der Waals surface area (Å²) in [6.07, 6.45) is 8.89. The molecular weight excluding hydrogens is 208 g/mol. The summed E-state index contributed by atoms with van der Waals surface area (Å²) in [6, 6.07) is 0.763. The molecule has 0 aliphatic heterocycles. The third-order valence-corrected chi connectivity index (χ3v) is 4.65. The molecule has 0 bridgehead atoms. The van der Waals surface area contributed by atoms with Crippen LogP contribution in [0.4, 0.5) is 0 Å². The number of rotatable bonds is 9. The monoisotopic (exact) mass is 236 g/mol. The molecule has 0 radical (unpaired) electrons. The van der Waals surface area contributed by atoms with E-state index in [4.69, 9.17) is 0 Å². The summed E-state index contributed by atoms with van der Waals surface area (Å²) in [5.74, 6) is 3.10. The van der Waals surface area contributed by atoms with Crippen LogP contribution < -0.4 is 5.32 Å². The number of nitrogens with one attached hydrogen (secondary N) is 1. The largest absolute Gasteiger partial charge is 0.313 e. The third kappa shape index (κ3) is 4.26. The summed E-state index contributed by atoms with van der Waals surface area (Å²) < 4.78 is 0. The number of nitrogens with zero attached hydrogens (tertiary/aromatic N) is 1. The Morgan fingerprint density at radius 1 is 1.00 bits per heavy atom. The van der Waals surface area contributed by atoms with E-state index in [-0.39, 0.29) is 0 Å². The van der Waals surface area contributed by atoms with Crippen LogP contribution in [0.5, 0.6) is 0 Å². The van der Waals surface area contributed by atoms with Crippen molar-refractivity contribution >= 4 is 0 Å². The zero-order valence-electron chi connectivity index (χ0n) is 11.3. The lowest BCUT2D eigenvalue weighted by Gasteiger charge is -2.23. The van der Waals surface area contributed by atoms with Crippen molar-refractivity contribution in [1.82, 2.24) is 10.2 Å². The minimum absolute atomic E-state index is 0.763. The van der Waals surface area contributed by atoms with Gasteiger partial charge in [-0.3, -0.25) is 0 Å². The first-order chi connectivity index (χ1) is 8.31. The molecule has 3 aliphatic carbocycles. The quantitative estimate of drug-likeness (QED) is 0.662. The standard InChI is InChI=1S/C15H28N2/c1-12(15-6-7-15)16-8-9-17(10-13-2-3-13)11-14-4-5-14/h12-16H,2-11H2,1H3. The van der Waals surface area contributed by atoms with Crippen LogP contribution >= 0.6 is 0 Å². The predicted octanol–water partition coefficient (Wildman–Crippen LogP) is 2.50. The second-order valence-corrected chi connectivity index (χ2v) is 6.73. The van der Waals surface area contributed by atoms with Crippen LogP contribution in [0.15, 0.2) is 0 Å². The smallest absolute Gasteiger partial charge is 0.0107 e. The van der Waals surface area contributed by atoms with Crippen LogP contribution in [-0.2, 0) is 0 Å². The van der Waals surface area contributed by atoms with Crippen LogP contribution in [0.2, 0.25) is 0 Å². The molecule has 0 aromatic rings. The van der Waals surface area contributed by atoms with E-state index >= 15 is 0 Å². The fraction of sp³-hybridized carbons (Fsp3) is 1.00. The first kappa shape index (κ1) is 12.0. The first-order valence-corrected chi connectivity index (χ1v) is 7.77. The highest BCUT2D eigenvalue weighted by Gasteiger charge is 2.30. The molecule has 3 fully saturated rings. The lowest BCUT2D eigenvalue weighted by atomic mass is 10.2. The van der Waals surface area contributed by atoms with Crippen molar-refractivity contribution in [2.75, 3.05) is 26.2 Å². The van der Waals surface area contributed by atoms with Crippen molar-refractivity contribution in [3.8, 4) is 0 Å². The van der Waals surface area contributed by atoms with Crippen LogP contribution in [0.1, 0.15) is 45.4 Å². The van der Waals surface area contributed by atoms with Gasteiger partial charge in [-0.15, -0.1) is 0 Å². The van der Waals surface area contributed by atoms with Gasteiger partial charge in [-0.25, -0.2) is 0 Å². The van der Waals surface area contributed by atoms with Gasteiger partial charge in [0.25, 0.3) is 0 Å². The molecule has 1 atom stereocenters. The van der Waals surface area contributed by atoms with Crippen molar-refractivity contribution < 1.29 is 0 Å². The molecule has 3 rings (SSSR count). The summed E-state index contributed by atoms with van der Waals surface area (Å²) in [5.41, 5.74) is 0. The molecule has 0 spiro atoms. The second kappa shape index (κ2) is 5.27. The van der Waals surface area contributed by atoms with Gasteiger partial charge < -0.3 is 10.2 Å². The Kier molecular flexibility index (Phi) is 3.72. The van der Waals surface area contributed by atoms with E-state index in [2.05, 4.69) is 17.1 Å². The molecule has 2 heteroatoms. The highest BCUT2D eigenvalue weighted by atomic mass is 15.1. The van der Waals surface area contributed by atoms with Gasteiger partial charge in [-0.2, -0.15) is 0 Å². The maximum Gasteiger partial charge on any atom is 0.0107 e. The number of hydrogen-bond acceptors (Lipinski definition) is 2. The van der Waals surface area contributed by atoms with Gasteiger partial charge in [0.05, 0.1) is 0 Å². The molecule has 0 heterocycles. The Morgan fingerprint density at radius 3 is 2.06 bits per heavy atom. The highest BCUT2D eigenvalue weighted by molar-refractivity contribution is 4.85. The summed E-state index contributed by atoms with van der Waals surface area (Å²) in [6.45, 7) is 7.62. The Bertz CT molecular complexity index is 227. The molecule has 0 amide bonds. The number of hydrogen-bond donors (Lipinski definition) is 1. The minimum Gasteiger partial charge on any atom is -0.313 e. The molecule has 3 aliphatic rings. The Balaban J connectivity index is 1.33. The van der Waals surface area contributed by atoms with Gasteiger partial charge in [0.1, 0.15) is 0 Å². The normalized spacial score (nSPS) is 26.5. The molecule has 0 saturated heterocycles. The molecule has 17 heavy (non-hydrogen) atoms. The fourth-order valence-corrected chi connectivity index (χ4v) is 2.80. The maximum atomic E-state index is 3.72. The second-order valence-electron chi connectivity index (χ2n) is 6.73. The molecule has 0 aromatic carbocycles. The lowest BCUT2D eigenvalue weighted by molar-refractivity contribution is 0.248. The Labute approximate surface area is 106 Å². The van der Waals surface area contributed by atoms with Gasteiger partial charge >= 0.3 is 0 Å². The molecule has 2 nitrogen and oxygen atoms in total. The fourth-order valence-electron chi connectivity index (χ4n) is 2.80. The van der Waals surface area contributed by atoms with Gasteiger partial charge in [-0.05, 0) is 63.2 Å². The van der Waals surface area contributed by atoms with Gasteiger partial charge in [0, 0.05) is 32.2 Å². The van der Waals surface area contributed by atoms with Gasteiger partial charge in [0.15, 0.2) is 0 Å². The van der Waals surface area contributed by atoms with Crippen molar-refractivity contribution in [2.45, 2.75) is 51.5 Å². The Morgan fingerprint density at radius 2 is 1.59 bits per heavy atom. The first-order valence-electron chi connectivity index (χ1n) is 7.77. The molecular formula is C15H28N2. The van der Waals surface area contributed by atoms with Crippen LogP contribution in [0, 0.1) is 17.8 Å². The SMILES string of the molecule is CC(NCCN(CC1CC1)CC1CC1)C1CC1. The van der Waals surface area contributed by atoms with E-state index in [1.807, 2.05) is 0 Å². The molecule has 1 unspecified atom stereocenters. The van der Waals surface area contributed by atoms with E-state index in [0.29, 0.717) is 0 Å². The summed E-state index contributed by atoms with van der Waals surface area (Å²) in [5, 5.41) is 3.72. The van der Waals surface area contributed by atoms with Crippen LogP contribution in [0.3, 0.4) is 0 Å². The average molecular weight is 236 g/mol. The Hall–Kier alpha value is -0.0800. The van der Waals surface area contributed by atoms with E-state index in [1.54, 1.807) is 0 Å². The zero-order chi connectivity index (χ0) is 11.7. The van der Waals surface area contributed by atoms with E-state index in [0.717, 1.165) is 23.8 Å². The third-order valence-electron chi connectivity index (χ3n) is 4.65. The molecule has 0 aromatic heterocycles. The van der Waals surface area contributed by atoms with Crippen molar-refractivity contribution in [2.24, 2.45) is 17.8 Å². The van der Waals surface area contributed by atoms with Gasteiger partial charge in [0.2, 0.25) is 0 Å². The van der Waals surface area contributed by atoms with E-state index in [1.165, 1.54) is 64.7 Å².